The average molecular weight is 480 g/mol. The van der Waals surface area contributed by atoms with Gasteiger partial charge in [-0.15, -0.1) is 0 Å². The zero-order chi connectivity index (χ0) is 21.8. The summed E-state index contributed by atoms with van der Waals surface area (Å²) in [5.74, 6) is -2.40. The maximum absolute atomic E-state index is 13.5. The smallest absolute Gasteiger partial charge is 0.250 e. The van der Waals surface area contributed by atoms with Gasteiger partial charge in [0.05, 0.1) is 24.5 Å². The molecule has 0 saturated carbocycles. The number of alkyl halides is 1. The summed E-state index contributed by atoms with van der Waals surface area (Å²) in [5, 5.41) is 15.1. The second-order valence-electron chi connectivity index (χ2n) is 8.34. The molecule has 3 aliphatic heterocycles. The van der Waals surface area contributed by atoms with Gasteiger partial charge in [0.15, 0.2) is 0 Å². The number of aliphatic hydroxyl groups is 1. The van der Waals surface area contributed by atoms with Crippen molar-refractivity contribution in [3.63, 3.8) is 0 Å². The molecule has 3 amide bonds. The SMILES string of the molecule is CNC(=O)[C@H]1[C@H]2C(=O)N(CCO)C(C(=O)Nc3cc(C)ccc3C)C23CC(Br)[C@@H]1O3. The molecule has 1 spiro atoms. The lowest BCUT2D eigenvalue weighted by molar-refractivity contribution is -0.141. The van der Waals surface area contributed by atoms with Crippen molar-refractivity contribution in [3.05, 3.63) is 29.3 Å². The predicted molar refractivity (Wildman–Crippen MR) is 113 cm³/mol. The zero-order valence-electron chi connectivity index (χ0n) is 17.1. The predicted octanol–water partition coefficient (Wildman–Crippen LogP) is 0.728. The Morgan fingerprint density at radius 2 is 2.07 bits per heavy atom. The number of carbonyl (C=O) groups is 3. The summed E-state index contributed by atoms with van der Waals surface area (Å²) < 4.78 is 6.29. The van der Waals surface area contributed by atoms with Crippen molar-refractivity contribution < 1.29 is 24.2 Å². The largest absolute Gasteiger partial charge is 0.395 e. The first-order valence-corrected chi connectivity index (χ1v) is 11.0. The number of halogens is 1. The summed E-state index contributed by atoms with van der Waals surface area (Å²) >= 11 is 3.59. The van der Waals surface area contributed by atoms with Gasteiger partial charge in [-0.05, 0) is 37.5 Å². The number of amides is 3. The van der Waals surface area contributed by atoms with Crippen molar-refractivity contribution in [2.45, 2.75) is 42.8 Å². The van der Waals surface area contributed by atoms with E-state index in [0.29, 0.717) is 12.1 Å². The highest BCUT2D eigenvalue weighted by Gasteiger charge is 2.76. The van der Waals surface area contributed by atoms with Crippen molar-refractivity contribution in [2.24, 2.45) is 11.8 Å². The van der Waals surface area contributed by atoms with Crippen LogP contribution in [0.25, 0.3) is 0 Å². The molecular weight excluding hydrogens is 454 g/mol. The molecule has 3 N–H and O–H groups in total. The number of fused-ring (bicyclic) bond motifs is 1. The minimum Gasteiger partial charge on any atom is -0.395 e. The van der Waals surface area contributed by atoms with E-state index in [1.807, 2.05) is 32.0 Å². The Bertz CT molecular complexity index is 909. The summed E-state index contributed by atoms with van der Waals surface area (Å²) in [6.07, 6.45) is -0.0415. The summed E-state index contributed by atoms with van der Waals surface area (Å²) in [4.78, 5) is 40.7. The van der Waals surface area contributed by atoms with Crippen molar-refractivity contribution in [1.82, 2.24) is 10.2 Å². The van der Waals surface area contributed by atoms with E-state index in [1.165, 1.54) is 11.9 Å². The number of β-amino-alcohol motifs (C(OH)–C–C–N with tert-alkyl or cyclic N) is 1. The minimum absolute atomic E-state index is 0.00339. The molecule has 4 rings (SSSR count). The number of nitrogens with zero attached hydrogens (tertiary/aromatic N) is 1. The molecular formula is C21H26BrN3O5. The van der Waals surface area contributed by atoms with E-state index >= 15 is 0 Å². The molecule has 1 aromatic carbocycles. The van der Waals surface area contributed by atoms with Gasteiger partial charge in [0, 0.05) is 24.1 Å². The Hall–Kier alpha value is -1.97. The molecule has 0 aromatic heterocycles. The van der Waals surface area contributed by atoms with Crippen LogP contribution in [0.5, 0.6) is 0 Å². The van der Waals surface area contributed by atoms with E-state index in [2.05, 4.69) is 26.6 Å². The first-order valence-electron chi connectivity index (χ1n) is 10.1. The second kappa shape index (κ2) is 7.62. The van der Waals surface area contributed by atoms with Gasteiger partial charge in [0.1, 0.15) is 11.6 Å². The maximum atomic E-state index is 13.5. The Balaban J connectivity index is 1.74. The van der Waals surface area contributed by atoms with Gasteiger partial charge in [0.2, 0.25) is 17.7 Å². The summed E-state index contributed by atoms with van der Waals surface area (Å²) in [6.45, 7) is 3.55. The Morgan fingerprint density at radius 3 is 2.73 bits per heavy atom. The standard InChI is InChI=1S/C21H26BrN3O5/c1-10-4-5-11(2)13(8-10)24-19(28)17-21-9-12(22)16(30-21)14(18(27)23-3)15(21)20(29)25(17)6-7-26/h4-5,8,12,14-17,26H,6-7,9H2,1-3H3,(H,23,27)(H,24,28)/t12?,14-,15-,16-,17?,21?/m0/s1. The molecule has 1 aromatic rings. The van der Waals surface area contributed by atoms with Crippen LogP contribution >= 0.6 is 15.9 Å². The van der Waals surface area contributed by atoms with Crippen LogP contribution in [0, 0.1) is 25.7 Å². The number of aliphatic hydroxyl groups excluding tert-OH is 1. The van der Waals surface area contributed by atoms with E-state index in [1.54, 1.807) is 0 Å². The first-order chi connectivity index (χ1) is 14.2. The lowest BCUT2D eigenvalue weighted by Gasteiger charge is -2.34. The monoisotopic (exact) mass is 479 g/mol. The molecule has 3 fully saturated rings. The number of benzene rings is 1. The lowest BCUT2D eigenvalue weighted by atomic mass is 9.70. The van der Waals surface area contributed by atoms with Crippen LogP contribution in [0.15, 0.2) is 18.2 Å². The van der Waals surface area contributed by atoms with Gasteiger partial charge in [-0.2, -0.15) is 0 Å². The Labute approximate surface area is 183 Å². The number of hydrogen-bond acceptors (Lipinski definition) is 5. The maximum Gasteiger partial charge on any atom is 0.250 e. The first kappa shape index (κ1) is 21.3. The van der Waals surface area contributed by atoms with E-state index in [9.17, 15) is 19.5 Å². The molecule has 0 radical (unpaired) electrons. The van der Waals surface area contributed by atoms with Crippen LogP contribution in [0.4, 0.5) is 5.69 Å². The lowest BCUT2D eigenvalue weighted by Crippen LogP contribution is -2.54. The van der Waals surface area contributed by atoms with Crippen LogP contribution in [0.1, 0.15) is 17.5 Å². The van der Waals surface area contributed by atoms with Gasteiger partial charge < -0.3 is 25.4 Å². The molecule has 2 bridgehead atoms. The fraction of sp³-hybridized carbons (Fsp3) is 0.571. The van der Waals surface area contributed by atoms with Crippen molar-refractivity contribution >= 4 is 39.3 Å². The third kappa shape index (κ3) is 2.98. The van der Waals surface area contributed by atoms with E-state index < -0.39 is 29.6 Å². The van der Waals surface area contributed by atoms with Crippen LogP contribution in [0.3, 0.4) is 0 Å². The van der Waals surface area contributed by atoms with Crippen LogP contribution in [0.2, 0.25) is 0 Å². The quantitative estimate of drug-likeness (QED) is 0.539. The number of aryl methyl sites for hydroxylation is 2. The van der Waals surface area contributed by atoms with Gasteiger partial charge in [0.25, 0.3) is 0 Å². The molecule has 6 atom stereocenters. The number of rotatable bonds is 5. The number of nitrogens with one attached hydrogen (secondary N) is 2. The topological polar surface area (TPSA) is 108 Å². The highest BCUT2D eigenvalue weighted by molar-refractivity contribution is 9.09. The Kier molecular flexibility index (Phi) is 5.40. The molecule has 0 aliphatic carbocycles. The summed E-state index contributed by atoms with van der Waals surface area (Å²) in [5.41, 5.74) is 1.46. The summed E-state index contributed by atoms with van der Waals surface area (Å²) in [6, 6.07) is 4.83. The van der Waals surface area contributed by atoms with Gasteiger partial charge in [-0.3, -0.25) is 14.4 Å². The highest BCUT2D eigenvalue weighted by atomic mass is 79.9. The fourth-order valence-corrected chi connectivity index (χ4v) is 6.26. The molecule has 3 unspecified atom stereocenters. The minimum atomic E-state index is -1.11. The summed E-state index contributed by atoms with van der Waals surface area (Å²) in [7, 11) is 1.53. The molecule has 30 heavy (non-hydrogen) atoms. The Morgan fingerprint density at radius 1 is 1.33 bits per heavy atom. The van der Waals surface area contributed by atoms with Gasteiger partial charge in [-0.1, -0.05) is 28.1 Å². The van der Waals surface area contributed by atoms with Crippen molar-refractivity contribution in [2.75, 3.05) is 25.5 Å². The third-order valence-corrected chi connectivity index (χ3v) is 7.42. The van der Waals surface area contributed by atoms with E-state index in [0.717, 1.165) is 11.1 Å². The number of carbonyl (C=O) groups excluding carboxylic acids is 3. The van der Waals surface area contributed by atoms with E-state index in [-0.39, 0.29) is 35.7 Å². The molecule has 3 saturated heterocycles. The van der Waals surface area contributed by atoms with Crippen molar-refractivity contribution in [3.8, 4) is 0 Å². The highest BCUT2D eigenvalue weighted by Crippen LogP contribution is 2.59. The normalized spacial score (nSPS) is 34.2. The second-order valence-corrected chi connectivity index (χ2v) is 9.52. The zero-order valence-corrected chi connectivity index (χ0v) is 18.7. The number of ether oxygens (including phenoxy) is 1. The van der Waals surface area contributed by atoms with E-state index in [4.69, 9.17) is 4.74 Å². The molecule has 3 heterocycles. The van der Waals surface area contributed by atoms with Crippen LogP contribution < -0.4 is 10.6 Å². The number of likely N-dealkylation sites (tertiary alicyclic amines) is 1. The molecule has 8 nitrogen and oxygen atoms in total. The van der Waals surface area contributed by atoms with Crippen LogP contribution in [-0.4, -0.2) is 70.5 Å². The number of anilines is 1. The molecule has 9 heteroatoms. The van der Waals surface area contributed by atoms with Crippen molar-refractivity contribution in [1.29, 1.82) is 0 Å². The van der Waals surface area contributed by atoms with Crippen LogP contribution in [-0.2, 0) is 19.1 Å². The fourth-order valence-electron chi connectivity index (χ4n) is 5.32. The van der Waals surface area contributed by atoms with Gasteiger partial charge in [-0.25, -0.2) is 0 Å². The molecule has 3 aliphatic rings. The number of hydrogen-bond donors (Lipinski definition) is 3. The third-order valence-electron chi connectivity index (χ3n) is 6.58. The average Bonchev–Trinajstić information content (AvgIpc) is 3.28. The van der Waals surface area contributed by atoms with Gasteiger partial charge >= 0.3 is 0 Å². The molecule has 162 valence electrons.